The molecule has 2 aromatic rings. The number of hydrogen-bond acceptors (Lipinski definition) is 4. The molecule has 0 heterocycles. The maximum Gasteiger partial charge on any atom is 0.344 e. The number of ether oxygens (including phenoxy) is 2. The molecule has 0 bridgehead atoms. The molecule has 0 aliphatic rings. The van der Waals surface area contributed by atoms with Crippen molar-refractivity contribution in [3.8, 4) is 5.75 Å². The largest absolute Gasteiger partial charge is 0.482 e. The number of esters is 1. The van der Waals surface area contributed by atoms with Gasteiger partial charge in [0.1, 0.15) is 5.75 Å². The van der Waals surface area contributed by atoms with Crippen molar-refractivity contribution >= 4 is 33.5 Å². The maximum absolute atomic E-state index is 11.9. The summed E-state index contributed by atoms with van der Waals surface area (Å²) >= 11 is 3.31. The van der Waals surface area contributed by atoms with Crippen LogP contribution in [0.25, 0.3) is 0 Å². The Morgan fingerprint density at radius 3 is 2.39 bits per heavy atom. The van der Waals surface area contributed by atoms with E-state index >= 15 is 0 Å². The zero-order chi connectivity index (χ0) is 16.7. The first kappa shape index (κ1) is 17.0. The lowest BCUT2D eigenvalue weighted by Gasteiger charge is -2.14. The molecule has 1 amide bonds. The Morgan fingerprint density at radius 2 is 1.74 bits per heavy atom. The molecule has 1 atom stereocenters. The topological polar surface area (TPSA) is 64.6 Å². The molecule has 0 aliphatic heterocycles. The van der Waals surface area contributed by atoms with E-state index in [4.69, 9.17) is 9.47 Å². The van der Waals surface area contributed by atoms with Crippen molar-refractivity contribution in [2.75, 3.05) is 11.9 Å². The number of hydrogen-bond donors (Lipinski definition) is 1. The van der Waals surface area contributed by atoms with Gasteiger partial charge in [-0.3, -0.25) is 4.79 Å². The van der Waals surface area contributed by atoms with Crippen LogP contribution in [0.1, 0.15) is 6.92 Å². The second-order valence-electron chi connectivity index (χ2n) is 4.73. The number of rotatable bonds is 6. The summed E-state index contributed by atoms with van der Waals surface area (Å²) in [5.74, 6) is -0.455. The van der Waals surface area contributed by atoms with Gasteiger partial charge in [0.25, 0.3) is 5.91 Å². The van der Waals surface area contributed by atoms with Gasteiger partial charge in [-0.2, -0.15) is 0 Å². The van der Waals surface area contributed by atoms with Gasteiger partial charge < -0.3 is 14.8 Å². The highest BCUT2D eigenvalue weighted by atomic mass is 79.9. The molecule has 23 heavy (non-hydrogen) atoms. The van der Waals surface area contributed by atoms with Crippen LogP contribution < -0.4 is 10.1 Å². The number of para-hydroxylation sites is 1. The Hall–Kier alpha value is -2.34. The summed E-state index contributed by atoms with van der Waals surface area (Å²) in [7, 11) is 0. The normalized spacial score (nSPS) is 11.4. The molecule has 6 heteroatoms. The molecular weight excluding hydrogens is 362 g/mol. The van der Waals surface area contributed by atoms with E-state index < -0.39 is 18.0 Å². The van der Waals surface area contributed by atoms with Crippen LogP contribution in [0.15, 0.2) is 59.1 Å². The number of anilines is 1. The molecule has 120 valence electrons. The predicted molar refractivity (Wildman–Crippen MR) is 90.3 cm³/mol. The van der Waals surface area contributed by atoms with Gasteiger partial charge in [0.05, 0.1) is 0 Å². The molecule has 0 aromatic heterocycles. The van der Waals surface area contributed by atoms with Crippen LogP contribution in [0.2, 0.25) is 0 Å². The van der Waals surface area contributed by atoms with E-state index in [0.717, 1.165) is 4.47 Å². The lowest BCUT2D eigenvalue weighted by Crippen LogP contribution is -2.31. The fraction of sp³-hybridized carbons (Fsp3) is 0.176. The van der Waals surface area contributed by atoms with Gasteiger partial charge in [-0.25, -0.2) is 4.79 Å². The minimum absolute atomic E-state index is 0.259. The van der Waals surface area contributed by atoms with E-state index in [1.807, 2.05) is 6.07 Å². The average Bonchev–Trinajstić information content (AvgIpc) is 2.55. The van der Waals surface area contributed by atoms with Crippen molar-refractivity contribution in [2.24, 2.45) is 0 Å². The summed E-state index contributed by atoms with van der Waals surface area (Å²) in [6.07, 6.45) is -0.906. The summed E-state index contributed by atoms with van der Waals surface area (Å²) in [5.41, 5.74) is 0.645. The van der Waals surface area contributed by atoms with Crippen LogP contribution >= 0.6 is 15.9 Å². The number of halogens is 1. The summed E-state index contributed by atoms with van der Waals surface area (Å²) < 4.78 is 11.3. The number of amides is 1. The molecule has 0 saturated heterocycles. The first-order valence-corrected chi connectivity index (χ1v) is 7.77. The van der Waals surface area contributed by atoms with Gasteiger partial charge in [-0.15, -0.1) is 0 Å². The van der Waals surface area contributed by atoms with Gasteiger partial charge in [0.15, 0.2) is 12.7 Å². The monoisotopic (exact) mass is 377 g/mol. The van der Waals surface area contributed by atoms with Crippen LogP contribution in [0.3, 0.4) is 0 Å². The van der Waals surface area contributed by atoms with Gasteiger partial charge in [-0.05, 0) is 43.3 Å². The molecule has 5 nitrogen and oxygen atoms in total. The second kappa shape index (κ2) is 8.33. The van der Waals surface area contributed by atoms with Crippen LogP contribution in [-0.4, -0.2) is 24.6 Å². The molecule has 0 radical (unpaired) electrons. The average molecular weight is 378 g/mol. The van der Waals surface area contributed by atoms with E-state index in [0.29, 0.717) is 11.4 Å². The van der Waals surface area contributed by atoms with Crippen molar-refractivity contribution < 1.29 is 19.1 Å². The summed E-state index contributed by atoms with van der Waals surface area (Å²) in [5, 5.41) is 2.66. The van der Waals surface area contributed by atoms with Crippen molar-refractivity contribution in [1.82, 2.24) is 0 Å². The van der Waals surface area contributed by atoms with Crippen molar-refractivity contribution in [3.63, 3.8) is 0 Å². The number of carbonyl (C=O) groups is 2. The third-order valence-electron chi connectivity index (χ3n) is 2.89. The van der Waals surface area contributed by atoms with Gasteiger partial charge in [-0.1, -0.05) is 34.1 Å². The molecule has 0 fully saturated rings. The van der Waals surface area contributed by atoms with E-state index in [1.165, 1.54) is 6.92 Å². The molecule has 0 saturated carbocycles. The molecule has 1 N–H and O–H groups in total. The van der Waals surface area contributed by atoms with Gasteiger partial charge in [0.2, 0.25) is 0 Å². The number of nitrogens with one attached hydrogen (secondary N) is 1. The van der Waals surface area contributed by atoms with Crippen molar-refractivity contribution in [3.05, 3.63) is 59.1 Å². The van der Waals surface area contributed by atoms with Crippen molar-refractivity contribution in [2.45, 2.75) is 13.0 Å². The number of benzene rings is 2. The molecule has 2 rings (SSSR count). The quantitative estimate of drug-likeness (QED) is 0.783. The van der Waals surface area contributed by atoms with E-state index in [9.17, 15) is 9.59 Å². The Morgan fingerprint density at radius 1 is 1.09 bits per heavy atom. The Kier molecular flexibility index (Phi) is 6.17. The van der Waals surface area contributed by atoms with Crippen LogP contribution in [0.4, 0.5) is 5.69 Å². The highest BCUT2D eigenvalue weighted by Gasteiger charge is 2.18. The predicted octanol–water partition coefficient (Wildman–Crippen LogP) is 3.40. The molecule has 0 aliphatic carbocycles. The minimum Gasteiger partial charge on any atom is -0.482 e. The zero-order valence-corrected chi connectivity index (χ0v) is 14.1. The Bertz CT molecular complexity index is 658. The SMILES string of the molecule is C[C@H](OC(=O)COc1ccc(Br)cc1)C(=O)Nc1ccccc1. The molecule has 2 aromatic carbocycles. The fourth-order valence-electron chi connectivity index (χ4n) is 1.72. The van der Waals surface area contributed by atoms with Crippen LogP contribution in [-0.2, 0) is 14.3 Å². The highest BCUT2D eigenvalue weighted by molar-refractivity contribution is 9.10. The van der Waals surface area contributed by atoms with Crippen LogP contribution in [0.5, 0.6) is 5.75 Å². The van der Waals surface area contributed by atoms with Crippen LogP contribution in [0, 0.1) is 0 Å². The first-order valence-electron chi connectivity index (χ1n) is 6.98. The lowest BCUT2D eigenvalue weighted by atomic mass is 10.3. The van der Waals surface area contributed by atoms with Gasteiger partial charge in [0, 0.05) is 10.2 Å². The van der Waals surface area contributed by atoms with E-state index in [2.05, 4.69) is 21.2 Å². The van der Waals surface area contributed by atoms with Gasteiger partial charge >= 0.3 is 5.97 Å². The smallest absolute Gasteiger partial charge is 0.344 e. The summed E-state index contributed by atoms with van der Waals surface area (Å²) in [6.45, 7) is 1.25. The Balaban J connectivity index is 1.77. The van der Waals surface area contributed by atoms with E-state index in [-0.39, 0.29) is 6.61 Å². The number of carbonyl (C=O) groups excluding carboxylic acids is 2. The minimum atomic E-state index is -0.906. The van der Waals surface area contributed by atoms with E-state index in [1.54, 1.807) is 48.5 Å². The molecule has 0 spiro atoms. The summed E-state index contributed by atoms with van der Waals surface area (Å²) in [4.78, 5) is 23.6. The summed E-state index contributed by atoms with van der Waals surface area (Å²) in [6, 6.07) is 16.0. The second-order valence-corrected chi connectivity index (χ2v) is 5.65. The lowest BCUT2D eigenvalue weighted by molar-refractivity contribution is -0.155. The third kappa shape index (κ3) is 5.75. The third-order valence-corrected chi connectivity index (χ3v) is 3.42. The van der Waals surface area contributed by atoms with Crippen molar-refractivity contribution in [1.29, 1.82) is 0 Å². The molecular formula is C17H16BrNO4. The first-order chi connectivity index (χ1) is 11.0. The fourth-order valence-corrected chi connectivity index (χ4v) is 1.99. The highest BCUT2D eigenvalue weighted by Crippen LogP contribution is 2.16. The standard InChI is InChI=1S/C17H16BrNO4/c1-12(17(21)19-14-5-3-2-4-6-14)23-16(20)11-22-15-9-7-13(18)8-10-15/h2-10,12H,11H2,1H3,(H,19,21)/t12-/m0/s1. The Labute approximate surface area is 142 Å². The molecule has 0 unspecified atom stereocenters. The maximum atomic E-state index is 11.9. The zero-order valence-electron chi connectivity index (χ0n) is 12.5.